The first-order valence-corrected chi connectivity index (χ1v) is 5.50. The van der Waals surface area contributed by atoms with Crippen LogP contribution in [0.3, 0.4) is 0 Å². The Labute approximate surface area is 91.6 Å². The van der Waals surface area contributed by atoms with Crippen molar-refractivity contribution in [1.29, 1.82) is 0 Å². The van der Waals surface area contributed by atoms with E-state index in [0.717, 1.165) is 19.1 Å². The Morgan fingerprint density at radius 3 is 2.86 bits per heavy atom. The van der Waals surface area contributed by atoms with E-state index in [1.165, 1.54) is 0 Å². The van der Waals surface area contributed by atoms with Crippen molar-refractivity contribution in [2.75, 3.05) is 0 Å². The van der Waals surface area contributed by atoms with E-state index in [2.05, 4.69) is 15.9 Å². The Kier molecular flexibility index (Phi) is 4.32. The van der Waals surface area contributed by atoms with Crippen LogP contribution in [0.5, 0.6) is 0 Å². The van der Waals surface area contributed by atoms with Crippen molar-refractivity contribution in [2.24, 2.45) is 5.92 Å². The highest BCUT2D eigenvalue weighted by Gasteiger charge is 2.29. The Hall–Kier alpha value is -0.640. The Morgan fingerprint density at radius 2 is 2.43 bits per heavy atom. The summed E-state index contributed by atoms with van der Waals surface area (Å²) >= 11 is 3.11. The summed E-state index contributed by atoms with van der Waals surface area (Å²) in [7, 11) is 0. The van der Waals surface area contributed by atoms with Gasteiger partial charge in [-0.2, -0.15) is 0 Å². The average Bonchev–Trinajstić information content (AvgIpc) is 2.47. The van der Waals surface area contributed by atoms with E-state index in [4.69, 9.17) is 4.74 Å². The number of cyclic esters (lactones) is 1. The summed E-state index contributed by atoms with van der Waals surface area (Å²) in [6, 6.07) is 0. The molecule has 4 heteroatoms. The zero-order valence-electron chi connectivity index (χ0n) is 8.03. The van der Waals surface area contributed by atoms with Gasteiger partial charge in [0.25, 0.3) is 0 Å². The van der Waals surface area contributed by atoms with Crippen molar-refractivity contribution in [3.63, 3.8) is 0 Å². The monoisotopic (exact) mass is 260 g/mol. The quantitative estimate of drug-likeness (QED) is 0.562. The molecular weight excluding hydrogens is 248 g/mol. The number of carbonyl (C=O) groups is 2. The molecule has 0 spiro atoms. The van der Waals surface area contributed by atoms with Crippen LogP contribution in [0.4, 0.5) is 0 Å². The summed E-state index contributed by atoms with van der Waals surface area (Å²) in [5, 5.41) is 0. The van der Waals surface area contributed by atoms with Crippen LogP contribution in [-0.2, 0) is 14.3 Å². The molecule has 0 aromatic carbocycles. The first-order valence-electron chi connectivity index (χ1n) is 4.71. The second-order valence-electron chi connectivity index (χ2n) is 3.34. The predicted octanol–water partition coefficient (Wildman–Crippen LogP) is 2.20. The maximum Gasteiger partial charge on any atom is 0.345 e. The summed E-state index contributed by atoms with van der Waals surface area (Å²) < 4.78 is 5.57. The van der Waals surface area contributed by atoms with E-state index >= 15 is 0 Å². The Morgan fingerprint density at radius 1 is 1.71 bits per heavy atom. The number of ether oxygens (including phenoxy) is 1. The van der Waals surface area contributed by atoms with Crippen molar-refractivity contribution in [2.45, 2.75) is 32.3 Å². The molecule has 78 valence electrons. The maximum atomic E-state index is 11.1. The van der Waals surface area contributed by atoms with Gasteiger partial charge in [0.2, 0.25) is 0 Å². The lowest BCUT2D eigenvalue weighted by atomic mass is 9.94. The number of hydrogen-bond donors (Lipinski definition) is 0. The lowest BCUT2D eigenvalue weighted by Crippen LogP contribution is -2.20. The Balaban J connectivity index is 2.61. The SMILES string of the molecule is CCC[C@H](CC=O)[C@@H]1C=C(Br)C(=O)O1. The topological polar surface area (TPSA) is 43.4 Å². The van der Waals surface area contributed by atoms with Crippen molar-refractivity contribution in [1.82, 2.24) is 0 Å². The normalized spacial score (nSPS) is 22.9. The van der Waals surface area contributed by atoms with Crippen LogP contribution in [0, 0.1) is 5.92 Å². The van der Waals surface area contributed by atoms with Crippen LogP contribution >= 0.6 is 15.9 Å². The first-order chi connectivity index (χ1) is 6.69. The molecule has 1 aliphatic rings. The highest BCUT2D eigenvalue weighted by molar-refractivity contribution is 9.12. The number of rotatable bonds is 5. The minimum Gasteiger partial charge on any atom is -0.454 e. The molecule has 1 aliphatic heterocycles. The van der Waals surface area contributed by atoms with Gasteiger partial charge in [-0.1, -0.05) is 13.3 Å². The molecule has 1 rings (SSSR count). The molecule has 0 aliphatic carbocycles. The van der Waals surface area contributed by atoms with Crippen LogP contribution in [0.25, 0.3) is 0 Å². The smallest absolute Gasteiger partial charge is 0.345 e. The molecule has 0 saturated heterocycles. The van der Waals surface area contributed by atoms with Gasteiger partial charge in [0.15, 0.2) is 0 Å². The van der Waals surface area contributed by atoms with Gasteiger partial charge in [-0.05, 0) is 28.4 Å². The molecule has 0 fully saturated rings. The summed E-state index contributed by atoms with van der Waals surface area (Å²) in [5.41, 5.74) is 0. The molecule has 0 amide bonds. The van der Waals surface area contributed by atoms with Crippen LogP contribution in [0.2, 0.25) is 0 Å². The zero-order chi connectivity index (χ0) is 10.6. The van der Waals surface area contributed by atoms with Gasteiger partial charge in [-0.15, -0.1) is 0 Å². The fraction of sp³-hybridized carbons (Fsp3) is 0.600. The maximum absolute atomic E-state index is 11.1. The summed E-state index contributed by atoms with van der Waals surface area (Å²) in [6.45, 7) is 2.05. The second-order valence-corrected chi connectivity index (χ2v) is 4.19. The van der Waals surface area contributed by atoms with Gasteiger partial charge in [0, 0.05) is 12.3 Å². The summed E-state index contributed by atoms with van der Waals surface area (Å²) in [6.07, 6.45) is 4.72. The van der Waals surface area contributed by atoms with E-state index < -0.39 is 0 Å². The fourth-order valence-electron chi connectivity index (χ4n) is 1.57. The van der Waals surface area contributed by atoms with Crippen molar-refractivity contribution < 1.29 is 14.3 Å². The van der Waals surface area contributed by atoms with Gasteiger partial charge in [-0.25, -0.2) is 4.79 Å². The molecule has 0 bridgehead atoms. The van der Waals surface area contributed by atoms with Crippen molar-refractivity contribution in [3.05, 3.63) is 10.6 Å². The largest absolute Gasteiger partial charge is 0.454 e. The molecule has 0 N–H and O–H groups in total. The lowest BCUT2D eigenvalue weighted by molar-refractivity contribution is -0.141. The van der Waals surface area contributed by atoms with E-state index in [1.807, 2.05) is 6.92 Å². The van der Waals surface area contributed by atoms with Gasteiger partial charge in [-0.3, -0.25) is 0 Å². The van der Waals surface area contributed by atoms with Crippen LogP contribution in [0.1, 0.15) is 26.2 Å². The highest BCUT2D eigenvalue weighted by Crippen LogP contribution is 2.27. The first kappa shape index (κ1) is 11.4. The minimum absolute atomic E-state index is 0.122. The molecular formula is C10H13BrO3. The molecule has 14 heavy (non-hydrogen) atoms. The van der Waals surface area contributed by atoms with Gasteiger partial charge in [0.05, 0.1) is 0 Å². The number of hydrogen-bond acceptors (Lipinski definition) is 3. The summed E-state index contributed by atoms with van der Waals surface area (Å²) in [5.74, 6) is -0.210. The number of carbonyl (C=O) groups excluding carboxylic acids is 2. The van der Waals surface area contributed by atoms with Gasteiger partial charge < -0.3 is 9.53 Å². The fourth-order valence-corrected chi connectivity index (χ4v) is 1.92. The Bertz CT molecular complexity index is 260. The lowest BCUT2D eigenvalue weighted by Gasteiger charge is -2.18. The molecule has 0 unspecified atom stereocenters. The van der Waals surface area contributed by atoms with Crippen LogP contribution in [-0.4, -0.2) is 18.4 Å². The standard InChI is InChI=1S/C10H13BrO3/c1-2-3-7(4-5-12)9-6-8(11)10(13)14-9/h5-7,9H,2-4H2,1H3/t7-,9+/m1/s1. The second kappa shape index (κ2) is 5.29. The predicted molar refractivity (Wildman–Crippen MR) is 56.0 cm³/mol. The highest BCUT2D eigenvalue weighted by atomic mass is 79.9. The third-order valence-corrected chi connectivity index (χ3v) is 2.86. The molecule has 2 atom stereocenters. The molecule has 0 aromatic heterocycles. The van der Waals surface area contributed by atoms with E-state index in [9.17, 15) is 9.59 Å². The molecule has 0 aromatic rings. The van der Waals surface area contributed by atoms with Gasteiger partial charge in [0.1, 0.15) is 16.9 Å². The van der Waals surface area contributed by atoms with Gasteiger partial charge >= 0.3 is 5.97 Å². The van der Waals surface area contributed by atoms with Crippen LogP contribution in [0.15, 0.2) is 10.6 Å². The van der Waals surface area contributed by atoms with Crippen molar-refractivity contribution in [3.8, 4) is 0 Å². The number of esters is 1. The third-order valence-electron chi connectivity index (χ3n) is 2.27. The molecule has 0 radical (unpaired) electrons. The molecule has 3 nitrogen and oxygen atoms in total. The van der Waals surface area contributed by atoms with E-state index in [0.29, 0.717) is 10.9 Å². The number of aldehydes is 1. The number of halogens is 1. The molecule has 0 saturated carbocycles. The minimum atomic E-state index is -0.331. The van der Waals surface area contributed by atoms with Crippen LogP contribution < -0.4 is 0 Å². The van der Waals surface area contributed by atoms with Crippen molar-refractivity contribution >= 4 is 28.2 Å². The summed E-state index contributed by atoms with van der Waals surface area (Å²) in [4.78, 5) is 21.5. The zero-order valence-corrected chi connectivity index (χ0v) is 9.62. The van der Waals surface area contributed by atoms with E-state index in [-0.39, 0.29) is 18.0 Å². The van der Waals surface area contributed by atoms with E-state index in [1.54, 1.807) is 6.08 Å². The molecule has 1 heterocycles. The third kappa shape index (κ3) is 2.67. The average molecular weight is 261 g/mol.